The monoisotopic (exact) mass is 330 g/mol. The number of ether oxygens (including phenoxy) is 1. The van der Waals surface area contributed by atoms with Crippen LogP contribution in [0, 0.1) is 11.8 Å². The van der Waals surface area contributed by atoms with E-state index in [9.17, 15) is 4.79 Å². The van der Waals surface area contributed by atoms with Crippen molar-refractivity contribution in [3.8, 4) is 0 Å². The summed E-state index contributed by atoms with van der Waals surface area (Å²) in [6.07, 6.45) is 3.15. The zero-order chi connectivity index (χ0) is 16.9. The number of rotatable bonds is 4. The molecule has 0 bridgehead atoms. The third kappa shape index (κ3) is 4.17. The Labute approximate surface area is 145 Å². The molecule has 4 nitrogen and oxygen atoms in total. The van der Waals surface area contributed by atoms with Gasteiger partial charge in [0.15, 0.2) is 0 Å². The largest absolute Gasteiger partial charge is 0.374 e. The molecule has 24 heavy (non-hydrogen) atoms. The lowest BCUT2D eigenvalue weighted by Gasteiger charge is -2.40. The molecule has 2 aliphatic heterocycles. The molecule has 2 fully saturated rings. The second kappa shape index (κ2) is 8.13. The van der Waals surface area contributed by atoms with E-state index >= 15 is 0 Å². The van der Waals surface area contributed by atoms with E-state index in [1.54, 1.807) is 0 Å². The number of carbonyl (C=O) groups is 1. The van der Waals surface area contributed by atoms with E-state index in [1.807, 2.05) is 18.2 Å². The van der Waals surface area contributed by atoms with Crippen LogP contribution < -0.4 is 5.32 Å². The van der Waals surface area contributed by atoms with E-state index in [2.05, 4.69) is 36.2 Å². The van der Waals surface area contributed by atoms with Gasteiger partial charge in [-0.15, -0.1) is 0 Å². The first-order chi connectivity index (χ1) is 11.6. The van der Waals surface area contributed by atoms with Gasteiger partial charge in [0, 0.05) is 13.0 Å². The van der Waals surface area contributed by atoms with Crippen LogP contribution in [0.2, 0.25) is 0 Å². The molecule has 0 aliphatic carbocycles. The molecular weight excluding hydrogens is 300 g/mol. The molecule has 0 aromatic heterocycles. The van der Waals surface area contributed by atoms with Crippen molar-refractivity contribution in [1.29, 1.82) is 0 Å². The molecular formula is C20H30N2O2. The van der Waals surface area contributed by atoms with Gasteiger partial charge in [0.1, 0.15) is 0 Å². The molecule has 3 atom stereocenters. The average Bonchev–Trinajstić information content (AvgIpc) is 2.63. The van der Waals surface area contributed by atoms with E-state index in [4.69, 9.17) is 4.74 Å². The Morgan fingerprint density at radius 3 is 2.71 bits per heavy atom. The highest BCUT2D eigenvalue weighted by Gasteiger charge is 2.33. The number of amides is 1. The van der Waals surface area contributed by atoms with Crippen LogP contribution in [0.25, 0.3) is 0 Å². The first kappa shape index (κ1) is 17.4. The molecule has 0 saturated carbocycles. The molecule has 3 unspecified atom stereocenters. The predicted octanol–water partition coefficient (Wildman–Crippen LogP) is 3.00. The van der Waals surface area contributed by atoms with Crippen molar-refractivity contribution < 1.29 is 9.53 Å². The molecule has 2 aliphatic rings. The summed E-state index contributed by atoms with van der Waals surface area (Å²) in [4.78, 5) is 15.1. The number of morpholine rings is 1. The zero-order valence-electron chi connectivity index (χ0n) is 14.9. The SMILES string of the molecule is CC1CN(C(=O)CC(C)C2CCNCC2)C(c2ccccc2)CO1. The maximum absolute atomic E-state index is 13.0. The predicted molar refractivity (Wildman–Crippen MR) is 95.7 cm³/mol. The summed E-state index contributed by atoms with van der Waals surface area (Å²) in [5.41, 5.74) is 1.17. The van der Waals surface area contributed by atoms with Crippen LogP contribution in [0.4, 0.5) is 0 Å². The topological polar surface area (TPSA) is 41.6 Å². The number of piperidine rings is 1. The summed E-state index contributed by atoms with van der Waals surface area (Å²) in [5, 5.41) is 3.41. The minimum atomic E-state index is 0.0510. The summed E-state index contributed by atoms with van der Waals surface area (Å²) in [6.45, 7) is 7.76. The third-order valence-corrected chi connectivity index (χ3v) is 5.56. The van der Waals surface area contributed by atoms with Crippen LogP contribution in [0.15, 0.2) is 30.3 Å². The molecule has 4 heteroatoms. The normalized spacial score (nSPS) is 27.0. The molecule has 1 amide bonds. The van der Waals surface area contributed by atoms with Gasteiger partial charge in [-0.1, -0.05) is 37.3 Å². The molecule has 1 N–H and O–H groups in total. The Bertz CT molecular complexity index is 528. The maximum Gasteiger partial charge on any atom is 0.223 e. The fourth-order valence-corrected chi connectivity index (χ4v) is 4.00. The van der Waals surface area contributed by atoms with Crippen LogP contribution in [-0.4, -0.2) is 43.2 Å². The number of carbonyl (C=O) groups excluding carboxylic acids is 1. The Morgan fingerprint density at radius 1 is 1.29 bits per heavy atom. The van der Waals surface area contributed by atoms with E-state index < -0.39 is 0 Å². The minimum absolute atomic E-state index is 0.0510. The highest BCUT2D eigenvalue weighted by molar-refractivity contribution is 5.77. The number of nitrogens with zero attached hydrogens (tertiary/aromatic N) is 1. The Kier molecular flexibility index (Phi) is 5.90. The first-order valence-corrected chi connectivity index (χ1v) is 9.32. The van der Waals surface area contributed by atoms with Gasteiger partial charge in [-0.25, -0.2) is 0 Å². The van der Waals surface area contributed by atoms with Crippen LogP contribution in [-0.2, 0) is 9.53 Å². The first-order valence-electron chi connectivity index (χ1n) is 9.32. The second-order valence-corrected chi connectivity index (χ2v) is 7.39. The van der Waals surface area contributed by atoms with Crippen molar-refractivity contribution in [2.75, 3.05) is 26.2 Å². The van der Waals surface area contributed by atoms with Crippen molar-refractivity contribution in [3.63, 3.8) is 0 Å². The smallest absolute Gasteiger partial charge is 0.223 e. The Hall–Kier alpha value is -1.39. The van der Waals surface area contributed by atoms with Crippen molar-refractivity contribution >= 4 is 5.91 Å². The Morgan fingerprint density at radius 2 is 2.00 bits per heavy atom. The van der Waals surface area contributed by atoms with Gasteiger partial charge in [0.25, 0.3) is 0 Å². The summed E-state index contributed by atoms with van der Waals surface area (Å²) >= 11 is 0. The number of hydrogen-bond acceptors (Lipinski definition) is 3. The van der Waals surface area contributed by atoms with Gasteiger partial charge >= 0.3 is 0 Å². The molecule has 3 rings (SSSR count). The summed E-state index contributed by atoms with van der Waals surface area (Å²) in [7, 11) is 0. The fourth-order valence-electron chi connectivity index (χ4n) is 4.00. The van der Waals surface area contributed by atoms with Crippen LogP contribution in [0.5, 0.6) is 0 Å². The van der Waals surface area contributed by atoms with Crippen LogP contribution >= 0.6 is 0 Å². The van der Waals surface area contributed by atoms with Gasteiger partial charge in [0.05, 0.1) is 18.8 Å². The van der Waals surface area contributed by atoms with Crippen molar-refractivity contribution in [2.45, 2.75) is 45.3 Å². The molecule has 0 spiro atoms. The minimum Gasteiger partial charge on any atom is -0.374 e. The van der Waals surface area contributed by atoms with E-state index in [1.165, 1.54) is 18.4 Å². The fraction of sp³-hybridized carbons (Fsp3) is 0.650. The van der Waals surface area contributed by atoms with Crippen molar-refractivity contribution in [2.24, 2.45) is 11.8 Å². The van der Waals surface area contributed by atoms with Gasteiger partial charge in [0.2, 0.25) is 5.91 Å². The standard InChI is InChI=1S/C20H30N2O2/c1-15(17-8-10-21-11-9-17)12-20(23)22-13-16(2)24-14-19(22)18-6-4-3-5-7-18/h3-7,15-17,19,21H,8-14H2,1-2H3. The number of hydrogen-bond donors (Lipinski definition) is 1. The number of benzene rings is 1. The molecule has 2 heterocycles. The van der Waals surface area contributed by atoms with Crippen LogP contribution in [0.3, 0.4) is 0 Å². The average molecular weight is 330 g/mol. The summed E-state index contributed by atoms with van der Waals surface area (Å²) < 4.78 is 5.84. The van der Waals surface area contributed by atoms with E-state index in [-0.39, 0.29) is 18.1 Å². The molecule has 1 aromatic rings. The maximum atomic E-state index is 13.0. The van der Waals surface area contributed by atoms with Crippen molar-refractivity contribution in [1.82, 2.24) is 10.2 Å². The molecule has 0 radical (unpaired) electrons. The summed E-state index contributed by atoms with van der Waals surface area (Å²) in [5.74, 6) is 1.41. The molecule has 132 valence electrons. The van der Waals surface area contributed by atoms with Gasteiger partial charge in [-0.2, -0.15) is 0 Å². The molecule has 2 saturated heterocycles. The van der Waals surface area contributed by atoms with Gasteiger partial charge < -0.3 is 15.0 Å². The zero-order valence-corrected chi connectivity index (χ0v) is 14.9. The van der Waals surface area contributed by atoms with Crippen molar-refractivity contribution in [3.05, 3.63) is 35.9 Å². The highest BCUT2D eigenvalue weighted by Crippen LogP contribution is 2.30. The van der Waals surface area contributed by atoms with E-state index in [0.29, 0.717) is 31.4 Å². The lowest BCUT2D eigenvalue weighted by atomic mass is 9.83. The lowest BCUT2D eigenvalue weighted by Crippen LogP contribution is -2.47. The highest BCUT2D eigenvalue weighted by atomic mass is 16.5. The second-order valence-electron chi connectivity index (χ2n) is 7.39. The number of nitrogens with one attached hydrogen (secondary N) is 1. The molecule has 1 aromatic carbocycles. The third-order valence-electron chi connectivity index (χ3n) is 5.56. The van der Waals surface area contributed by atoms with E-state index in [0.717, 1.165) is 13.1 Å². The quantitative estimate of drug-likeness (QED) is 0.923. The summed E-state index contributed by atoms with van der Waals surface area (Å²) in [6, 6.07) is 10.3. The van der Waals surface area contributed by atoms with Crippen LogP contribution in [0.1, 0.15) is 44.7 Å². The van der Waals surface area contributed by atoms with Gasteiger partial charge in [-0.3, -0.25) is 4.79 Å². The van der Waals surface area contributed by atoms with Gasteiger partial charge in [-0.05, 0) is 50.3 Å². The Balaban J connectivity index is 1.67. The lowest BCUT2D eigenvalue weighted by molar-refractivity contribution is -0.146.